The van der Waals surface area contributed by atoms with Crippen LogP contribution in [0.3, 0.4) is 0 Å². The number of nitrogens with zero attached hydrogens (tertiary/aromatic N) is 1. The normalized spacial score (nSPS) is 16.4. The molecule has 2 aromatic heterocycles. The number of hydrogen-bond acceptors (Lipinski definition) is 27. The molecule has 2 aromatic carbocycles. The molecule has 20 atom stereocenters. The minimum atomic E-state index is -1.99. The molecule has 0 unspecified atom stereocenters. The van der Waals surface area contributed by atoms with Crippen molar-refractivity contribution in [1.82, 2.24) is 105 Å². The molecule has 49 nitrogen and oxygen atoms in total. The van der Waals surface area contributed by atoms with Gasteiger partial charge in [0.25, 0.3) is 0 Å². The lowest BCUT2D eigenvalue weighted by molar-refractivity contribution is -0.143. The summed E-state index contributed by atoms with van der Waals surface area (Å²) in [6.45, 7) is 17.2. The number of carboxylic acids is 3. The second kappa shape index (κ2) is 59.0. The van der Waals surface area contributed by atoms with Gasteiger partial charge in [-0.05, 0) is 117 Å². The number of aliphatic hydroxyl groups excluding tert-OH is 4. The predicted molar refractivity (Wildman–Crippen MR) is 523 cm³/mol. The van der Waals surface area contributed by atoms with Gasteiger partial charge < -0.3 is 147 Å². The van der Waals surface area contributed by atoms with Gasteiger partial charge in [-0.1, -0.05) is 132 Å². The van der Waals surface area contributed by atoms with Crippen molar-refractivity contribution in [3.63, 3.8) is 0 Å². The number of nitrogens with two attached hydrogens (primary N) is 1. The second-order valence-corrected chi connectivity index (χ2v) is 38.3. The van der Waals surface area contributed by atoms with Crippen molar-refractivity contribution in [3.8, 4) is 0 Å². The Labute approximate surface area is 836 Å². The fourth-order valence-corrected chi connectivity index (χ4v) is 16.0. The van der Waals surface area contributed by atoms with Crippen LogP contribution >= 0.6 is 11.8 Å². The largest absolute Gasteiger partial charge is 0.481 e. The highest BCUT2D eigenvalue weighted by Gasteiger charge is 2.43. The number of rotatable bonds is 61. The maximum Gasteiger partial charge on any atom is 0.326 e. The lowest BCUT2D eigenvalue weighted by atomic mass is 9.96. The van der Waals surface area contributed by atoms with E-state index in [0.717, 1.165) is 18.7 Å². The number of amides is 18. The summed E-state index contributed by atoms with van der Waals surface area (Å²) in [4.78, 5) is 296. The summed E-state index contributed by atoms with van der Waals surface area (Å²) < 4.78 is 0. The van der Waals surface area contributed by atoms with E-state index in [0.29, 0.717) is 39.4 Å². The van der Waals surface area contributed by atoms with Crippen molar-refractivity contribution >= 4 is 158 Å². The quantitative estimate of drug-likeness (QED) is 0.0197. The number of aromatic amines is 2. The fourth-order valence-electron chi connectivity index (χ4n) is 15.5. The summed E-state index contributed by atoms with van der Waals surface area (Å²) in [5, 5.41) is 114. The van der Waals surface area contributed by atoms with Crippen molar-refractivity contribution in [2.45, 2.75) is 276 Å². The van der Waals surface area contributed by atoms with Crippen molar-refractivity contribution in [2.75, 3.05) is 51.4 Å². The third kappa shape index (κ3) is 37.7. The minimum Gasteiger partial charge on any atom is -0.481 e. The number of aliphatic carboxylic acids is 3. The number of nitrogens with one attached hydrogen (secondary N) is 19. The van der Waals surface area contributed by atoms with Crippen LogP contribution in [0, 0.1) is 35.5 Å². The van der Waals surface area contributed by atoms with Gasteiger partial charge in [-0.3, -0.25) is 95.9 Å². The predicted octanol–water partition coefficient (Wildman–Crippen LogP) is -5.08. The van der Waals surface area contributed by atoms with Gasteiger partial charge in [0.2, 0.25) is 106 Å². The number of carbonyl (C=O) groups is 21. The van der Waals surface area contributed by atoms with Gasteiger partial charge in [0.05, 0.1) is 63.9 Å². The summed E-state index contributed by atoms with van der Waals surface area (Å²) in [6, 6.07) is -11.6. The van der Waals surface area contributed by atoms with Crippen LogP contribution in [-0.4, -0.2) is 335 Å². The highest BCUT2D eigenvalue weighted by atomic mass is 32.2. The molecule has 18 amide bonds. The summed E-state index contributed by atoms with van der Waals surface area (Å²) in [5.74, 6) is -26.0. The molecule has 1 saturated heterocycles. The first-order valence-electron chi connectivity index (χ1n) is 47.7. The van der Waals surface area contributed by atoms with Crippen LogP contribution < -0.4 is 96.1 Å². The number of hydrogen-bond donors (Lipinski definition) is 27. The zero-order valence-corrected chi connectivity index (χ0v) is 84.3. The molecule has 0 spiro atoms. The fraction of sp³-hybridized carbons (Fsp3) is 0.606. The van der Waals surface area contributed by atoms with Crippen LogP contribution in [0.5, 0.6) is 0 Å². The van der Waals surface area contributed by atoms with E-state index in [1.165, 1.54) is 39.5 Å². The zero-order chi connectivity index (χ0) is 108. The number of thioether (sulfide) groups is 1. The average Bonchev–Trinajstić information content (AvgIpc) is 1.67. The number of carbonyl (C=O) groups excluding carboxylic acids is 18. The second-order valence-electron chi connectivity index (χ2n) is 37.3. The molecular formula is C94H143N21O28S. The van der Waals surface area contributed by atoms with Gasteiger partial charge in [0.15, 0.2) is 0 Å². The van der Waals surface area contributed by atoms with Gasteiger partial charge in [-0.15, -0.1) is 0 Å². The molecule has 0 bridgehead atoms. The Morgan fingerprint density at radius 1 is 0.410 bits per heavy atom. The number of benzene rings is 2. The molecule has 5 rings (SSSR count). The maximum absolute atomic E-state index is 14.8. The van der Waals surface area contributed by atoms with Gasteiger partial charge >= 0.3 is 17.9 Å². The Morgan fingerprint density at radius 2 is 0.778 bits per heavy atom. The Balaban J connectivity index is 1.25. The highest BCUT2D eigenvalue weighted by Crippen LogP contribution is 2.24. The van der Waals surface area contributed by atoms with Crippen LogP contribution in [0.25, 0.3) is 21.8 Å². The van der Waals surface area contributed by atoms with E-state index in [9.17, 15) is 136 Å². The summed E-state index contributed by atoms with van der Waals surface area (Å²) >= 11 is 1.20. The molecular weight excluding hydrogens is 1900 g/mol. The molecule has 0 saturated carbocycles. The Kier molecular flexibility index (Phi) is 49.5. The van der Waals surface area contributed by atoms with E-state index in [-0.39, 0.29) is 81.4 Å². The number of para-hydroxylation sites is 2. The third-order valence-corrected chi connectivity index (χ3v) is 24.8. The SMILES string of the molecule is CC[C@H](C)[C@H](N)C(=O)N[C@@H](CC(=O)O)C(=O)N[C@@H](Cc1c[nH]c2ccccc12)C(=O)NCC(=O)N[C@@H](CO)C(=O)N[C@@H](CCSC)C(=O)N[C@@H](CC(=O)O)C(=O)N[C@H](C(=O)N[C@@H](Cc1c[nH]c2ccccc12)C(=O)NCC(=O)N1CCC[C@H]1C(=O)NCC(=O)N[C@H](C(=O)N[C@@H](CC(C)C)C(=O)N[C@H](C(=O)N[C@H](C(=O)N[C@H](C(=O)N[C@@H](CO)C(=O)N[C@@H](CC(C)C)C(=O)O)C(C)C)[C@@H](C)O)C(C)C)[C@@H](C)O)[C@@H](C)CC. The third-order valence-electron chi connectivity index (χ3n) is 24.2. The first-order valence-corrected chi connectivity index (χ1v) is 49.1. The van der Waals surface area contributed by atoms with Gasteiger partial charge in [-0.25, -0.2) is 4.79 Å². The van der Waals surface area contributed by atoms with Crippen LogP contribution in [-0.2, 0) is 114 Å². The summed E-state index contributed by atoms with van der Waals surface area (Å²) in [6.07, 6.45) is -0.479. The number of aromatic nitrogens is 2. The van der Waals surface area contributed by atoms with Crippen LogP contribution in [0.1, 0.15) is 166 Å². The van der Waals surface area contributed by atoms with E-state index in [1.807, 2.05) is 0 Å². The zero-order valence-electron chi connectivity index (χ0n) is 83.5. The van der Waals surface area contributed by atoms with Gasteiger partial charge in [0, 0.05) is 53.6 Å². The maximum atomic E-state index is 14.8. The summed E-state index contributed by atoms with van der Waals surface area (Å²) in [7, 11) is 0. The molecule has 1 aliphatic heterocycles. The van der Waals surface area contributed by atoms with E-state index in [4.69, 9.17) is 5.73 Å². The molecule has 50 heteroatoms. The number of aliphatic hydroxyl groups is 4. The minimum absolute atomic E-state index is 0.0201. The van der Waals surface area contributed by atoms with Gasteiger partial charge in [0.1, 0.15) is 90.6 Å². The molecule has 144 heavy (non-hydrogen) atoms. The van der Waals surface area contributed by atoms with Crippen LogP contribution in [0.4, 0.5) is 0 Å². The topological polar surface area (TPSA) is 765 Å². The Bertz CT molecular complexity index is 5140. The van der Waals surface area contributed by atoms with E-state index in [1.54, 1.807) is 123 Å². The number of carboxylic acid groups (broad SMARTS) is 3. The van der Waals surface area contributed by atoms with Crippen molar-refractivity contribution in [2.24, 2.45) is 41.2 Å². The van der Waals surface area contributed by atoms with E-state index >= 15 is 0 Å². The molecule has 4 aromatic rings. The van der Waals surface area contributed by atoms with Crippen LogP contribution in [0.15, 0.2) is 60.9 Å². The molecule has 3 heterocycles. The summed E-state index contributed by atoms with van der Waals surface area (Å²) in [5.41, 5.74) is 8.32. The Morgan fingerprint density at radius 3 is 1.26 bits per heavy atom. The first kappa shape index (κ1) is 121. The molecule has 1 aliphatic rings. The molecule has 28 N–H and O–H groups in total. The molecule has 0 radical (unpaired) electrons. The lowest BCUT2D eigenvalue weighted by Crippen LogP contribution is -2.63. The van der Waals surface area contributed by atoms with Gasteiger partial charge in [-0.2, -0.15) is 11.8 Å². The smallest absolute Gasteiger partial charge is 0.326 e. The first-order chi connectivity index (χ1) is 67.8. The van der Waals surface area contributed by atoms with Crippen LogP contribution in [0.2, 0.25) is 0 Å². The highest BCUT2D eigenvalue weighted by molar-refractivity contribution is 7.98. The molecule has 798 valence electrons. The lowest BCUT2D eigenvalue weighted by Gasteiger charge is -2.30. The molecule has 1 fully saturated rings. The van der Waals surface area contributed by atoms with E-state index < -0.39 is 297 Å². The van der Waals surface area contributed by atoms with Crippen molar-refractivity contribution in [1.29, 1.82) is 0 Å². The Hall–Kier alpha value is -13.5. The van der Waals surface area contributed by atoms with Crippen molar-refractivity contribution in [3.05, 3.63) is 72.1 Å². The number of likely N-dealkylation sites (tertiary alicyclic amines) is 1. The average molecular weight is 2050 g/mol. The molecule has 0 aliphatic carbocycles. The standard InChI is InChI=1S/C94H143N21O28S/c1-16-48(11)73(95)88(136)105-62(35-71(123)124)82(130)103-60(33-52-37-96-56-25-20-18-23-54(52)56)79(127)98-39-68(120)101-65(42-116)85(133)102-58(28-30-144-15)81(129)104-63(36-72(125)126)84(132)113-76(49(12)17-2)91(139)107-61(34-53-38-97-57-26-21-19-24-55(53)57)80(128)100-41-70(122)115-29-22-27-67(115)87(135)99-40-69(121)110-77(50(13)118)92(140)106-59(31-44(3)4)83(131)111-75(47(9)10)90(138)114-78(51(14)119)93(141)112-74(46(7)8)89(137)109-66(43-117)86(134)108-64(94(142)143)32-45(5)6/h18-21,23-26,37-38,44-51,58-67,73-78,96-97,116-119H,16-17,22,27-36,39-43,95H2,1-15H3,(H,98,127)(H,99,135)(H,100,128)(H,101,120)(H,102,133)(H,103,130)(H,104,129)(H,105,136)(H,106,140)(H,107,139)(H,108,134)(H,109,137)(H,110,121)(H,111,131)(H,112,141)(H,113,132)(H,114,138)(H,123,124)(H,125,126)(H,142,143)/t48-,49-,50+,51+,58-,59-,60-,61-,62-,63-,64-,65-,66-,67-,73-,74-,75-,76-,77-,78-/m0/s1. The van der Waals surface area contributed by atoms with E-state index in [2.05, 4.69) is 100 Å². The number of fused-ring (bicyclic) bond motifs is 2. The van der Waals surface area contributed by atoms with Crippen molar-refractivity contribution < 1.29 is 136 Å². The number of H-pyrrole nitrogens is 2. The monoisotopic (exact) mass is 2050 g/mol.